The highest BCUT2D eigenvalue weighted by atomic mass is 16.8. The molecule has 2 saturated heterocycles. The van der Waals surface area contributed by atoms with E-state index >= 15 is 0 Å². The van der Waals surface area contributed by atoms with E-state index < -0.39 is 74.6 Å². The van der Waals surface area contributed by atoms with Crippen molar-refractivity contribution in [3.8, 4) is 0 Å². The highest BCUT2D eigenvalue weighted by molar-refractivity contribution is 4.92. The summed E-state index contributed by atoms with van der Waals surface area (Å²) in [5.74, 6) is 0. The van der Waals surface area contributed by atoms with Crippen LogP contribution in [0.3, 0.4) is 0 Å². The predicted molar refractivity (Wildman–Crippen MR) is 68.6 cm³/mol. The molecule has 10 atom stereocenters. The van der Waals surface area contributed by atoms with Crippen molar-refractivity contribution >= 4 is 0 Å². The lowest BCUT2D eigenvalue weighted by molar-refractivity contribution is -0.376. The van der Waals surface area contributed by atoms with Crippen molar-refractivity contribution in [1.29, 1.82) is 0 Å². The molecule has 0 saturated carbocycles. The zero-order valence-electron chi connectivity index (χ0n) is 12.0. The van der Waals surface area contributed by atoms with Crippen LogP contribution in [0.2, 0.25) is 0 Å². The quantitative estimate of drug-likeness (QED) is 0.243. The summed E-state index contributed by atoms with van der Waals surface area (Å²) in [7, 11) is 0. The molecule has 2 fully saturated rings. The highest BCUT2D eigenvalue weighted by Gasteiger charge is 2.49. The Morgan fingerprint density at radius 2 is 0.913 bits per heavy atom. The molecule has 0 bridgehead atoms. The standard InChI is InChI=1S/C12H22O11/c13-1-3-5(15)7(17)9(19)11(21-3)23-12-10(20)8(18)6(16)4(2-14)22-12/h3-20H,1-2H2/t3-,4-,5-,6-,7+,8+,9-,10-,11+,12+/m1/s1. The first-order valence-electron chi connectivity index (χ1n) is 7.08. The monoisotopic (exact) mass is 342 g/mol. The number of hydrogen-bond donors (Lipinski definition) is 8. The predicted octanol–water partition coefficient (Wildman–Crippen LogP) is -5.40. The summed E-state index contributed by atoms with van der Waals surface area (Å²) in [6.07, 6.45) is -15.6. The van der Waals surface area contributed by atoms with Crippen LogP contribution in [0.4, 0.5) is 0 Å². The SMILES string of the molecule is OC[C@H]1O[C@@H](O[C@@H]2O[C@H](CO)[C@@H](O)[C@H](O)[C@H]2O)[C@H](O)[C@@H](O)[C@@H]1O. The van der Waals surface area contributed by atoms with Crippen LogP contribution in [-0.4, -0.2) is 115 Å². The van der Waals surface area contributed by atoms with Gasteiger partial charge in [0.25, 0.3) is 0 Å². The van der Waals surface area contributed by atoms with Gasteiger partial charge in [0.1, 0.15) is 48.8 Å². The van der Waals surface area contributed by atoms with E-state index in [4.69, 9.17) is 24.4 Å². The maximum Gasteiger partial charge on any atom is 0.189 e. The van der Waals surface area contributed by atoms with Crippen molar-refractivity contribution in [2.24, 2.45) is 0 Å². The van der Waals surface area contributed by atoms with Crippen LogP contribution < -0.4 is 0 Å². The minimum atomic E-state index is -1.72. The third-order valence-electron chi connectivity index (χ3n) is 3.97. The second-order valence-electron chi connectivity index (χ2n) is 5.53. The Labute approximate surface area is 130 Å². The fraction of sp³-hybridized carbons (Fsp3) is 1.00. The van der Waals surface area contributed by atoms with E-state index in [0.717, 1.165) is 0 Å². The van der Waals surface area contributed by atoms with E-state index in [1.54, 1.807) is 0 Å². The molecule has 0 unspecified atom stereocenters. The minimum Gasteiger partial charge on any atom is -0.394 e. The molecule has 0 spiro atoms. The molecule has 0 aromatic carbocycles. The average Bonchev–Trinajstić information content (AvgIpc) is 2.55. The van der Waals surface area contributed by atoms with E-state index in [9.17, 15) is 30.6 Å². The van der Waals surface area contributed by atoms with Crippen molar-refractivity contribution in [3.05, 3.63) is 0 Å². The zero-order chi connectivity index (χ0) is 17.3. The van der Waals surface area contributed by atoms with Gasteiger partial charge in [0, 0.05) is 0 Å². The molecule has 136 valence electrons. The Morgan fingerprint density at radius 1 is 0.565 bits per heavy atom. The first-order chi connectivity index (χ1) is 10.8. The van der Waals surface area contributed by atoms with Gasteiger partial charge in [-0.05, 0) is 0 Å². The molecule has 0 aromatic heterocycles. The molecule has 23 heavy (non-hydrogen) atoms. The molecule has 2 rings (SSSR count). The third-order valence-corrected chi connectivity index (χ3v) is 3.97. The van der Waals surface area contributed by atoms with Crippen molar-refractivity contribution in [1.82, 2.24) is 0 Å². The lowest BCUT2D eigenvalue weighted by Crippen LogP contribution is -2.63. The van der Waals surface area contributed by atoms with Crippen LogP contribution in [0.1, 0.15) is 0 Å². The zero-order valence-corrected chi connectivity index (χ0v) is 12.0. The van der Waals surface area contributed by atoms with Gasteiger partial charge >= 0.3 is 0 Å². The van der Waals surface area contributed by atoms with Crippen LogP contribution in [-0.2, 0) is 14.2 Å². The van der Waals surface area contributed by atoms with Crippen LogP contribution >= 0.6 is 0 Å². The van der Waals surface area contributed by atoms with E-state index in [1.807, 2.05) is 0 Å². The molecule has 8 N–H and O–H groups in total. The number of rotatable bonds is 4. The molecule has 0 amide bonds. The van der Waals surface area contributed by atoms with E-state index in [2.05, 4.69) is 0 Å². The van der Waals surface area contributed by atoms with Gasteiger partial charge in [-0.25, -0.2) is 0 Å². The summed E-state index contributed by atoms with van der Waals surface area (Å²) in [6.45, 7) is -1.33. The summed E-state index contributed by atoms with van der Waals surface area (Å²) in [5, 5.41) is 76.4. The Kier molecular flexibility index (Phi) is 6.27. The Bertz CT molecular complexity index is 344. The van der Waals surface area contributed by atoms with Gasteiger partial charge in [0.15, 0.2) is 12.6 Å². The molecule has 11 nitrogen and oxygen atoms in total. The number of aliphatic hydroxyl groups is 8. The van der Waals surface area contributed by atoms with Gasteiger partial charge in [0.05, 0.1) is 13.2 Å². The lowest BCUT2D eigenvalue weighted by Gasteiger charge is -2.44. The van der Waals surface area contributed by atoms with Crippen molar-refractivity contribution in [2.75, 3.05) is 13.2 Å². The Hall–Kier alpha value is -0.440. The fourth-order valence-corrected chi connectivity index (χ4v) is 2.49. The van der Waals surface area contributed by atoms with Crippen LogP contribution in [0.15, 0.2) is 0 Å². The number of ether oxygens (including phenoxy) is 3. The third kappa shape index (κ3) is 3.65. The summed E-state index contributed by atoms with van der Waals surface area (Å²) in [4.78, 5) is 0. The molecule has 2 heterocycles. The summed E-state index contributed by atoms with van der Waals surface area (Å²) in [6, 6.07) is 0. The van der Waals surface area contributed by atoms with Crippen molar-refractivity contribution < 1.29 is 55.1 Å². The van der Waals surface area contributed by atoms with Gasteiger partial charge in [-0.3, -0.25) is 0 Å². The second kappa shape index (κ2) is 7.63. The molecule has 0 aromatic rings. The largest absolute Gasteiger partial charge is 0.394 e. The smallest absolute Gasteiger partial charge is 0.189 e. The topological polar surface area (TPSA) is 190 Å². The first-order valence-corrected chi connectivity index (χ1v) is 7.08. The van der Waals surface area contributed by atoms with Crippen molar-refractivity contribution in [2.45, 2.75) is 61.4 Å². The van der Waals surface area contributed by atoms with Crippen LogP contribution in [0, 0.1) is 0 Å². The molecule has 0 aliphatic carbocycles. The van der Waals surface area contributed by atoms with Gasteiger partial charge in [-0.15, -0.1) is 0 Å². The lowest BCUT2D eigenvalue weighted by atomic mass is 9.98. The van der Waals surface area contributed by atoms with Gasteiger partial charge in [0.2, 0.25) is 0 Å². The number of hydrogen-bond acceptors (Lipinski definition) is 11. The normalized spacial score (nSPS) is 51.7. The average molecular weight is 342 g/mol. The van der Waals surface area contributed by atoms with Crippen LogP contribution in [0.5, 0.6) is 0 Å². The van der Waals surface area contributed by atoms with Crippen molar-refractivity contribution in [3.63, 3.8) is 0 Å². The minimum absolute atomic E-state index is 0.667. The summed E-state index contributed by atoms with van der Waals surface area (Å²) < 4.78 is 15.3. The molecule has 2 aliphatic rings. The molecular weight excluding hydrogens is 320 g/mol. The Balaban J connectivity index is 2.07. The fourth-order valence-electron chi connectivity index (χ4n) is 2.49. The Morgan fingerprint density at radius 3 is 1.22 bits per heavy atom. The summed E-state index contributed by atoms with van der Waals surface area (Å²) >= 11 is 0. The van der Waals surface area contributed by atoms with Gasteiger partial charge in [-0.2, -0.15) is 0 Å². The summed E-state index contributed by atoms with van der Waals surface area (Å²) in [5.41, 5.74) is 0. The van der Waals surface area contributed by atoms with E-state index in [0.29, 0.717) is 0 Å². The molecule has 11 heteroatoms. The highest BCUT2D eigenvalue weighted by Crippen LogP contribution is 2.27. The maximum absolute atomic E-state index is 9.84. The molecular formula is C12H22O11. The molecule has 2 aliphatic heterocycles. The van der Waals surface area contributed by atoms with Crippen LogP contribution in [0.25, 0.3) is 0 Å². The van der Waals surface area contributed by atoms with Gasteiger partial charge in [-0.1, -0.05) is 0 Å². The van der Waals surface area contributed by atoms with Gasteiger partial charge < -0.3 is 55.1 Å². The maximum atomic E-state index is 9.84. The second-order valence-corrected chi connectivity index (χ2v) is 5.53. The number of aliphatic hydroxyl groups excluding tert-OH is 8. The first kappa shape index (κ1) is 18.9. The molecule has 0 radical (unpaired) electrons. The van der Waals surface area contributed by atoms with E-state index in [1.165, 1.54) is 0 Å². The van der Waals surface area contributed by atoms with E-state index in [-0.39, 0.29) is 0 Å².